The highest BCUT2D eigenvalue weighted by Crippen LogP contribution is 2.33. The van der Waals surface area contributed by atoms with Crippen LogP contribution in [0.5, 0.6) is 11.5 Å². The molecule has 0 saturated carbocycles. The first-order valence-corrected chi connectivity index (χ1v) is 18.4. The van der Waals surface area contributed by atoms with Crippen molar-refractivity contribution in [3.8, 4) is 33.8 Å². The third-order valence-corrected chi connectivity index (χ3v) is 8.23. The van der Waals surface area contributed by atoms with Crippen LogP contribution in [0.15, 0.2) is 94.9 Å². The fourth-order valence-electron chi connectivity index (χ4n) is 5.64. The molecule has 13 heteroatoms. The normalized spacial score (nSPS) is 10.5. The lowest BCUT2D eigenvalue weighted by molar-refractivity contribution is -0.118. The molecule has 4 rings (SSSR count). The van der Waals surface area contributed by atoms with E-state index < -0.39 is 0 Å². The van der Waals surface area contributed by atoms with Gasteiger partial charge in [0.2, 0.25) is 11.8 Å². The molecule has 4 aromatic carbocycles. The molecule has 300 valence electrons. The average Bonchev–Trinajstić information content (AvgIpc) is 3.17. The number of aliphatic imine (C=N–C) groups is 2. The van der Waals surface area contributed by atoms with Crippen molar-refractivity contribution < 1.29 is 33.3 Å². The lowest BCUT2D eigenvalue weighted by Crippen LogP contribution is -2.24. The molecule has 0 aliphatic rings. The fraction of sp³-hybridized carbons (Fsp3) is 0.349. The number of carbonyl (C=O) groups is 2. The van der Waals surface area contributed by atoms with Crippen LogP contribution in [0, 0.1) is 6.92 Å². The minimum atomic E-state index is -0.344. The van der Waals surface area contributed by atoms with Crippen molar-refractivity contribution in [1.29, 1.82) is 0 Å². The zero-order chi connectivity index (χ0) is 40.7. The van der Waals surface area contributed by atoms with Crippen molar-refractivity contribution in [2.75, 3.05) is 47.8 Å². The van der Waals surface area contributed by atoms with Crippen LogP contribution in [0.2, 0.25) is 0 Å². The highest BCUT2D eigenvalue weighted by Gasteiger charge is 2.12. The number of nitrogens with zero attached hydrogens (tertiary/aromatic N) is 2. The summed E-state index contributed by atoms with van der Waals surface area (Å²) in [5, 5.41) is 0. The molecule has 0 aliphatic heterocycles. The van der Waals surface area contributed by atoms with Gasteiger partial charge in [0.25, 0.3) is 0 Å². The van der Waals surface area contributed by atoms with Crippen LogP contribution in [-0.2, 0) is 43.2 Å². The molecule has 0 atom stereocenters. The van der Waals surface area contributed by atoms with E-state index in [2.05, 4.69) is 41.2 Å². The van der Waals surface area contributed by atoms with Gasteiger partial charge in [-0.15, -0.1) is 0 Å². The van der Waals surface area contributed by atoms with Crippen molar-refractivity contribution >= 4 is 23.7 Å². The van der Waals surface area contributed by atoms with Crippen molar-refractivity contribution in [3.63, 3.8) is 0 Å². The number of carbonyl (C=O) groups excluding carboxylic acids is 2. The number of methoxy groups -OCH3 is 3. The minimum absolute atomic E-state index is 0.211. The Balaban J connectivity index is 0.000000301. The molecule has 4 aromatic rings. The maximum Gasteiger partial charge on any atom is 0.249 e. The molecule has 0 saturated heterocycles. The number of amides is 2. The molecule has 0 aliphatic carbocycles. The summed E-state index contributed by atoms with van der Waals surface area (Å²) >= 11 is 0. The first kappa shape index (κ1) is 44.6. The molecule has 0 aromatic heterocycles. The summed E-state index contributed by atoms with van der Waals surface area (Å²) in [6, 6.07) is 28.4. The van der Waals surface area contributed by atoms with Crippen LogP contribution in [0.4, 0.5) is 0 Å². The van der Waals surface area contributed by atoms with E-state index in [1.165, 1.54) is 5.56 Å². The summed E-state index contributed by atoms with van der Waals surface area (Å²) in [6.07, 6.45) is 3.12. The first-order chi connectivity index (χ1) is 27.0. The maximum absolute atomic E-state index is 11.7. The van der Waals surface area contributed by atoms with E-state index in [9.17, 15) is 9.59 Å². The summed E-state index contributed by atoms with van der Waals surface area (Å²) in [5.74, 6) is 0.454. The van der Waals surface area contributed by atoms with E-state index in [0.29, 0.717) is 45.9 Å². The van der Waals surface area contributed by atoms with E-state index >= 15 is 0 Å². The molecule has 8 N–H and O–H groups in total. The van der Waals surface area contributed by atoms with Crippen molar-refractivity contribution in [2.45, 2.75) is 52.1 Å². The number of guanidine groups is 2. The summed E-state index contributed by atoms with van der Waals surface area (Å²) < 4.78 is 27.5. The molecule has 0 radical (unpaired) electrons. The Hall–Kier alpha value is -5.76. The van der Waals surface area contributed by atoms with Crippen LogP contribution in [0.25, 0.3) is 22.3 Å². The summed E-state index contributed by atoms with van der Waals surface area (Å²) in [6.45, 7) is 4.98. The molecule has 2 amide bonds. The number of ether oxygens (including phenoxy) is 5. The van der Waals surface area contributed by atoms with E-state index in [4.69, 9.17) is 46.6 Å². The van der Waals surface area contributed by atoms with Crippen molar-refractivity contribution in [2.24, 2.45) is 32.9 Å². The Morgan fingerprint density at radius 3 is 1.48 bits per heavy atom. The molecule has 0 heterocycles. The van der Waals surface area contributed by atoms with Gasteiger partial charge in [-0.3, -0.25) is 9.59 Å². The molecule has 0 bridgehead atoms. The summed E-state index contributed by atoms with van der Waals surface area (Å²) in [7, 11) is 5.02. The van der Waals surface area contributed by atoms with Gasteiger partial charge in [-0.25, -0.2) is 0 Å². The average molecular weight is 769 g/mol. The van der Waals surface area contributed by atoms with Gasteiger partial charge in [0.1, 0.15) is 11.5 Å². The standard InChI is InChI=1S/C22H29N3O4.C21H27N3O3/c1-27-11-4-12-29-20-14-16(8-10-21(26)25-22(23)24)7-9-19(20)18-6-3-5-17(13-18)15-28-2;1-15-5-3-6-17(13-15)18-9-7-16(8-10-20(25)24-21(22)23)14-19(18)27-12-4-11-26-2/h3,5-7,9,13-14H,4,8,10-12,15H2,1-2H3,(H4,23,24,25,26);3,5-7,9,13-14H,4,8,10-12H2,1-2H3,(H4,22,23,24,25). The predicted octanol–water partition coefficient (Wildman–Crippen LogP) is 5.46. The van der Waals surface area contributed by atoms with E-state index in [0.717, 1.165) is 63.3 Å². The Labute approximate surface area is 330 Å². The fourth-order valence-corrected chi connectivity index (χ4v) is 5.64. The molecule has 0 unspecified atom stereocenters. The topological polar surface area (TPSA) is 209 Å². The van der Waals surface area contributed by atoms with Crippen molar-refractivity contribution in [3.05, 3.63) is 107 Å². The van der Waals surface area contributed by atoms with E-state index in [-0.39, 0.29) is 36.6 Å². The number of rotatable bonds is 20. The minimum Gasteiger partial charge on any atom is -0.493 e. The Kier molecular flexibility index (Phi) is 19.6. The Bertz CT molecular complexity index is 1910. The maximum atomic E-state index is 11.7. The largest absolute Gasteiger partial charge is 0.493 e. The molecule has 0 spiro atoms. The third kappa shape index (κ3) is 16.3. The van der Waals surface area contributed by atoms with Gasteiger partial charge >= 0.3 is 0 Å². The van der Waals surface area contributed by atoms with E-state index in [1.54, 1.807) is 21.3 Å². The van der Waals surface area contributed by atoms with Crippen LogP contribution in [0.1, 0.15) is 47.9 Å². The van der Waals surface area contributed by atoms with Gasteiger partial charge in [0.05, 0.1) is 19.8 Å². The molecule has 56 heavy (non-hydrogen) atoms. The number of benzene rings is 4. The van der Waals surface area contributed by atoms with Gasteiger partial charge in [-0.05, 0) is 65.8 Å². The summed E-state index contributed by atoms with van der Waals surface area (Å²) in [4.78, 5) is 30.5. The molecule has 0 fully saturated rings. The highest BCUT2D eigenvalue weighted by molar-refractivity contribution is 5.92. The molecular formula is C43H56N6O7. The molecular weight excluding hydrogens is 713 g/mol. The zero-order valence-corrected chi connectivity index (χ0v) is 32.9. The smallest absolute Gasteiger partial charge is 0.249 e. The van der Waals surface area contributed by atoms with Gasteiger partial charge in [-0.1, -0.05) is 72.3 Å². The quantitative estimate of drug-likeness (QED) is 0.0504. The van der Waals surface area contributed by atoms with Gasteiger partial charge < -0.3 is 46.6 Å². The summed E-state index contributed by atoms with van der Waals surface area (Å²) in [5.41, 5.74) is 29.4. The van der Waals surface area contributed by atoms with Crippen LogP contribution >= 0.6 is 0 Å². The van der Waals surface area contributed by atoms with Crippen LogP contribution in [0.3, 0.4) is 0 Å². The third-order valence-electron chi connectivity index (χ3n) is 8.23. The van der Waals surface area contributed by atoms with Gasteiger partial charge in [-0.2, -0.15) is 9.98 Å². The molecule has 13 nitrogen and oxygen atoms in total. The van der Waals surface area contributed by atoms with Gasteiger partial charge in [0, 0.05) is 71.4 Å². The Morgan fingerprint density at radius 1 is 0.554 bits per heavy atom. The van der Waals surface area contributed by atoms with Gasteiger partial charge in [0.15, 0.2) is 11.9 Å². The van der Waals surface area contributed by atoms with Crippen molar-refractivity contribution in [1.82, 2.24) is 0 Å². The lowest BCUT2D eigenvalue weighted by atomic mass is 9.99. The second-order valence-electron chi connectivity index (χ2n) is 12.9. The number of nitrogens with two attached hydrogens (primary N) is 4. The van der Waals surface area contributed by atoms with E-state index in [1.807, 2.05) is 60.7 Å². The monoisotopic (exact) mass is 768 g/mol. The number of hydrogen-bond acceptors (Lipinski definition) is 7. The number of aryl methyl sites for hydroxylation is 3. The first-order valence-electron chi connectivity index (χ1n) is 18.4. The predicted molar refractivity (Wildman–Crippen MR) is 221 cm³/mol. The Morgan fingerprint density at radius 2 is 1.04 bits per heavy atom. The van der Waals surface area contributed by atoms with Crippen LogP contribution in [-0.4, -0.2) is 71.5 Å². The SMILES string of the molecule is COCCCOc1cc(CCC(=O)N=C(N)N)ccc1-c1cccc(C)c1.COCCCOc1cc(CCC(=O)N=C(N)N)ccc1-c1cccc(COC)c1. The number of hydrogen-bond donors (Lipinski definition) is 4. The zero-order valence-electron chi connectivity index (χ0n) is 32.9. The highest BCUT2D eigenvalue weighted by atomic mass is 16.5. The second-order valence-corrected chi connectivity index (χ2v) is 12.9. The van der Waals surface area contributed by atoms with Crippen LogP contribution < -0.4 is 32.4 Å². The lowest BCUT2D eigenvalue weighted by Gasteiger charge is -2.14. The second kappa shape index (κ2) is 24.6.